The van der Waals surface area contributed by atoms with Crippen molar-refractivity contribution in [2.45, 2.75) is 0 Å². The van der Waals surface area contributed by atoms with E-state index in [0.717, 1.165) is 0 Å². The van der Waals surface area contributed by atoms with Crippen molar-refractivity contribution in [1.29, 1.82) is 5.26 Å². The summed E-state index contributed by atoms with van der Waals surface area (Å²) in [7, 11) is 0. The average molecular weight is 268 g/mol. The molecule has 0 unspecified atom stereocenters. The van der Waals surface area contributed by atoms with Gasteiger partial charge in [-0.05, 0) is 41.5 Å². The van der Waals surface area contributed by atoms with E-state index in [-0.39, 0.29) is 11.5 Å². The van der Waals surface area contributed by atoms with Crippen LogP contribution < -0.4 is 0 Å². The lowest BCUT2D eigenvalue weighted by atomic mass is 10.0. The number of nitro benzene ring substituents is 1. The largest absolute Gasteiger partial charge is 0.269 e. The summed E-state index contributed by atoms with van der Waals surface area (Å²) in [6.07, 6.45) is 1.53. The molecule has 2 rings (SSSR count). The van der Waals surface area contributed by atoms with Crippen molar-refractivity contribution >= 4 is 17.3 Å². The van der Waals surface area contributed by atoms with Gasteiger partial charge in [-0.2, -0.15) is 5.26 Å². The molecule has 0 fully saturated rings. The van der Waals surface area contributed by atoms with Gasteiger partial charge in [-0.1, -0.05) is 12.1 Å². The molecule has 0 bridgehead atoms. The first kappa shape index (κ1) is 13.4. The molecule has 0 saturated carbocycles. The number of halogens is 1. The van der Waals surface area contributed by atoms with Crippen LogP contribution in [0.3, 0.4) is 0 Å². The quantitative estimate of drug-likeness (QED) is 0.368. The van der Waals surface area contributed by atoms with E-state index in [9.17, 15) is 14.5 Å². The second kappa shape index (κ2) is 5.76. The second-order valence-electron chi connectivity index (χ2n) is 4.03. The number of non-ortho nitro benzene ring substituents is 1. The van der Waals surface area contributed by atoms with Crippen LogP contribution in [0.5, 0.6) is 0 Å². The first-order chi connectivity index (χ1) is 9.60. The summed E-state index contributed by atoms with van der Waals surface area (Å²) in [6, 6.07) is 13.5. The van der Waals surface area contributed by atoms with Crippen molar-refractivity contribution in [2.75, 3.05) is 0 Å². The number of nitriles is 1. The molecule has 4 nitrogen and oxygen atoms in total. The van der Waals surface area contributed by atoms with Crippen molar-refractivity contribution in [1.82, 2.24) is 0 Å². The van der Waals surface area contributed by atoms with E-state index in [1.807, 2.05) is 6.07 Å². The summed E-state index contributed by atoms with van der Waals surface area (Å²) in [5, 5.41) is 19.7. The highest BCUT2D eigenvalue weighted by atomic mass is 19.1. The van der Waals surface area contributed by atoms with Gasteiger partial charge in [0, 0.05) is 12.1 Å². The summed E-state index contributed by atoms with van der Waals surface area (Å²) in [6.45, 7) is 0. The highest BCUT2D eigenvalue weighted by Crippen LogP contribution is 2.21. The molecule has 0 amide bonds. The van der Waals surface area contributed by atoms with E-state index in [4.69, 9.17) is 5.26 Å². The van der Waals surface area contributed by atoms with Crippen LogP contribution in [0.25, 0.3) is 11.6 Å². The predicted molar refractivity (Wildman–Crippen MR) is 73.0 cm³/mol. The van der Waals surface area contributed by atoms with Crippen LogP contribution in [-0.2, 0) is 0 Å². The smallest absolute Gasteiger partial charge is 0.258 e. The Hall–Kier alpha value is -3.00. The summed E-state index contributed by atoms with van der Waals surface area (Å²) < 4.78 is 13.1. The number of nitrogens with zero attached hydrogens (tertiary/aromatic N) is 2. The second-order valence-corrected chi connectivity index (χ2v) is 4.03. The number of hydrogen-bond acceptors (Lipinski definition) is 3. The molecule has 20 heavy (non-hydrogen) atoms. The number of allylic oxidation sites excluding steroid dienone is 1. The fourth-order valence-corrected chi connectivity index (χ4v) is 1.71. The standard InChI is InChI=1S/C15H9FN2O2/c16-14-3-1-2-11(9-14)8-13(10-17)12-4-6-15(7-5-12)18(19)20/h1-9H. The van der Waals surface area contributed by atoms with Gasteiger partial charge in [-0.3, -0.25) is 10.1 Å². The molecule has 2 aromatic rings. The number of nitro groups is 1. The highest BCUT2D eigenvalue weighted by Gasteiger charge is 2.07. The Labute approximate surface area is 114 Å². The monoisotopic (exact) mass is 268 g/mol. The number of hydrogen-bond donors (Lipinski definition) is 0. The van der Waals surface area contributed by atoms with Crippen molar-refractivity contribution in [3.63, 3.8) is 0 Å². The van der Waals surface area contributed by atoms with Gasteiger partial charge in [0.05, 0.1) is 16.6 Å². The third-order valence-corrected chi connectivity index (χ3v) is 2.67. The first-order valence-electron chi connectivity index (χ1n) is 5.72. The molecule has 98 valence electrons. The Morgan fingerprint density at radius 3 is 2.50 bits per heavy atom. The maximum absolute atomic E-state index is 13.1. The number of rotatable bonds is 3. The maximum Gasteiger partial charge on any atom is 0.269 e. The lowest BCUT2D eigenvalue weighted by molar-refractivity contribution is -0.384. The Bertz CT molecular complexity index is 715. The Balaban J connectivity index is 2.37. The Morgan fingerprint density at radius 1 is 1.25 bits per heavy atom. The molecule has 0 aromatic heterocycles. The minimum absolute atomic E-state index is 0.0446. The molecule has 0 spiro atoms. The van der Waals surface area contributed by atoms with Crippen LogP contribution in [0.15, 0.2) is 48.5 Å². The molecule has 0 aliphatic heterocycles. The minimum Gasteiger partial charge on any atom is -0.258 e. The predicted octanol–water partition coefficient (Wildman–Crippen LogP) is 3.80. The fourth-order valence-electron chi connectivity index (χ4n) is 1.71. The normalized spacial score (nSPS) is 10.9. The molecular weight excluding hydrogens is 259 g/mol. The lowest BCUT2D eigenvalue weighted by Gasteiger charge is -2.00. The van der Waals surface area contributed by atoms with Gasteiger partial charge in [0.25, 0.3) is 5.69 Å². The molecule has 2 aromatic carbocycles. The van der Waals surface area contributed by atoms with Gasteiger partial charge >= 0.3 is 0 Å². The highest BCUT2D eigenvalue weighted by molar-refractivity contribution is 5.89. The average Bonchev–Trinajstić information content (AvgIpc) is 2.45. The molecule has 0 saturated heterocycles. The van der Waals surface area contributed by atoms with Gasteiger partial charge in [-0.15, -0.1) is 0 Å². The van der Waals surface area contributed by atoms with E-state index in [1.54, 1.807) is 12.1 Å². The van der Waals surface area contributed by atoms with E-state index in [0.29, 0.717) is 16.7 Å². The van der Waals surface area contributed by atoms with E-state index < -0.39 is 4.92 Å². The molecule has 0 aliphatic carbocycles. The topological polar surface area (TPSA) is 66.9 Å². The maximum atomic E-state index is 13.1. The van der Waals surface area contributed by atoms with Crippen LogP contribution >= 0.6 is 0 Å². The van der Waals surface area contributed by atoms with Crippen LogP contribution in [0.4, 0.5) is 10.1 Å². The molecular formula is C15H9FN2O2. The fraction of sp³-hybridized carbons (Fsp3) is 0. The molecule has 0 N–H and O–H groups in total. The van der Waals surface area contributed by atoms with Gasteiger partial charge in [0.15, 0.2) is 0 Å². The van der Waals surface area contributed by atoms with Gasteiger partial charge in [0.1, 0.15) is 5.82 Å². The molecule has 0 aliphatic rings. The third kappa shape index (κ3) is 3.06. The van der Waals surface area contributed by atoms with Crippen molar-refractivity contribution < 1.29 is 9.31 Å². The minimum atomic E-state index is -0.508. The van der Waals surface area contributed by atoms with Crippen LogP contribution in [0, 0.1) is 27.3 Å². The van der Waals surface area contributed by atoms with E-state index in [2.05, 4.69) is 0 Å². The molecule has 0 radical (unpaired) electrons. The van der Waals surface area contributed by atoms with Crippen LogP contribution in [0.2, 0.25) is 0 Å². The van der Waals surface area contributed by atoms with Crippen molar-refractivity contribution in [3.8, 4) is 6.07 Å². The van der Waals surface area contributed by atoms with Crippen LogP contribution in [-0.4, -0.2) is 4.92 Å². The number of benzene rings is 2. The Kier molecular flexibility index (Phi) is 3.87. The van der Waals surface area contributed by atoms with E-state index >= 15 is 0 Å². The summed E-state index contributed by atoms with van der Waals surface area (Å²) in [5.41, 5.74) is 1.37. The molecule has 5 heteroatoms. The summed E-state index contributed by atoms with van der Waals surface area (Å²) in [5.74, 6) is -0.389. The van der Waals surface area contributed by atoms with Crippen LogP contribution in [0.1, 0.15) is 11.1 Å². The van der Waals surface area contributed by atoms with Gasteiger partial charge < -0.3 is 0 Å². The van der Waals surface area contributed by atoms with Gasteiger partial charge in [-0.25, -0.2) is 4.39 Å². The summed E-state index contributed by atoms with van der Waals surface area (Å²) in [4.78, 5) is 10.1. The zero-order valence-corrected chi connectivity index (χ0v) is 10.3. The van der Waals surface area contributed by atoms with Crippen molar-refractivity contribution in [2.24, 2.45) is 0 Å². The molecule has 0 heterocycles. The first-order valence-corrected chi connectivity index (χ1v) is 5.72. The zero-order chi connectivity index (χ0) is 14.5. The van der Waals surface area contributed by atoms with E-state index in [1.165, 1.54) is 42.5 Å². The summed E-state index contributed by atoms with van der Waals surface area (Å²) >= 11 is 0. The van der Waals surface area contributed by atoms with Crippen molar-refractivity contribution in [3.05, 3.63) is 75.6 Å². The zero-order valence-electron chi connectivity index (χ0n) is 10.3. The SMILES string of the molecule is N#CC(=Cc1cccc(F)c1)c1ccc([N+](=O)[O-])cc1. The molecule has 0 atom stereocenters. The van der Waals surface area contributed by atoms with Gasteiger partial charge in [0.2, 0.25) is 0 Å². The Morgan fingerprint density at radius 2 is 1.95 bits per heavy atom. The lowest BCUT2D eigenvalue weighted by Crippen LogP contribution is -1.88. The third-order valence-electron chi connectivity index (χ3n) is 2.67.